The fourth-order valence-electron chi connectivity index (χ4n) is 2.76. The smallest absolute Gasteiger partial charge is 0.0500 e. The predicted octanol–water partition coefficient (Wildman–Crippen LogP) is 2.12. The molecule has 0 amide bonds. The average molecular weight is 242 g/mol. The fourth-order valence-corrected chi connectivity index (χ4v) is 2.76. The second kappa shape index (κ2) is 8.06. The number of rotatable bonds is 7. The lowest BCUT2D eigenvalue weighted by Gasteiger charge is -2.39. The molecule has 0 aromatic rings. The van der Waals surface area contributed by atoms with E-state index in [-0.39, 0.29) is 0 Å². The molecule has 1 N–H and O–H groups in total. The van der Waals surface area contributed by atoms with E-state index in [1.807, 2.05) is 0 Å². The van der Waals surface area contributed by atoms with Gasteiger partial charge in [-0.05, 0) is 45.2 Å². The summed E-state index contributed by atoms with van der Waals surface area (Å²) in [7, 11) is 1.79. The summed E-state index contributed by atoms with van der Waals surface area (Å²) in [5.41, 5.74) is 0. The molecule has 3 atom stereocenters. The molecule has 0 spiro atoms. The van der Waals surface area contributed by atoms with Crippen molar-refractivity contribution in [2.45, 2.75) is 52.1 Å². The van der Waals surface area contributed by atoms with Gasteiger partial charge in [-0.25, -0.2) is 0 Å². The maximum atomic E-state index is 5.22. The molecule has 3 heteroatoms. The van der Waals surface area contributed by atoms with Gasteiger partial charge in [0.25, 0.3) is 0 Å². The lowest BCUT2D eigenvalue weighted by molar-refractivity contribution is 0.0855. The minimum absolute atomic E-state index is 0.641. The van der Waals surface area contributed by atoms with Crippen LogP contribution in [-0.2, 0) is 4.74 Å². The van der Waals surface area contributed by atoms with Crippen molar-refractivity contribution < 1.29 is 4.74 Å². The number of likely N-dealkylation sites (tertiary alicyclic amines) is 1. The molecule has 1 saturated heterocycles. The Kier molecular flexibility index (Phi) is 7.09. The number of nitrogens with one attached hydrogen (secondary N) is 1. The van der Waals surface area contributed by atoms with Crippen molar-refractivity contribution in [1.82, 2.24) is 10.2 Å². The Morgan fingerprint density at radius 3 is 2.82 bits per heavy atom. The Bertz CT molecular complexity index is 199. The van der Waals surface area contributed by atoms with Gasteiger partial charge in [0.2, 0.25) is 0 Å². The van der Waals surface area contributed by atoms with E-state index in [0.717, 1.165) is 19.2 Å². The van der Waals surface area contributed by atoms with E-state index >= 15 is 0 Å². The second-order valence-corrected chi connectivity index (χ2v) is 5.58. The summed E-state index contributed by atoms with van der Waals surface area (Å²) in [6, 6.07) is 1.44. The molecule has 0 bridgehead atoms. The largest absolute Gasteiger partial charge is 0.384 e. The molecular weight excluding hydrogens is 212 g/mol. The molecule has 0 aliphatic carbocycles. The molecule has 1 heterocycles. The highest BCUT2D eigenvalue weighted by Crippen LogP contribution is 2.18. The highest BCUT2D eigenvalue weighted by atomic mass is 16.5. The Balaban J connectivity index is 2.27. The Labute approximate surface area is 107 Å². The van der Waals surface area contributed by atoms with Gasteiger partial charge in [0, 0.05) is 32.3 Å². The molecule has 1 aliphatic heterocycles. The highest BCUT2D eigenvalue weighted by Gasteiger charge is 2.25. The van der Waals surface area contributed by atoms with Crippen LogP contribution in [0.3, 0.4) is 0 Å². The van der Waals surface area contributed by atoms with Crippen LogP contribution in [-0.4, -0.2) is 50.3 Å². The molecule has 0 radical (unpaired) electrons. The van der Waals surface area contributed by atoms with Gasteiger partial charge in [-0.15, -0.1) is 0 Å². The van der Waals surface area contributed by atoms with Crippen LogP contribution in [0.25, 0.3) is 0 Å². The maximum absolute atomic E-state index is 5.22. The Hall–Kier alpha value is -0.120. The van der Waals surface area contributed by atoms with Gasteiger partial charge in [0.15, 0.2) is 0 Å². The van der Waals surface area contributed by atoms with E-state index < -0.39 is 0 Å². The van der Waals surface area contributed by atoms with Crippen LogP contribution in [0.4, 0.5) is 0 Å². The molecule has 1 aliphatic rings. The zero-order valence-corrected chi connectivity index (χ0v) is 12.0. The molecule has 0 saturated carbocycles. The first-order chi connectivity index (χ1) is 8.17. The van der Waals surface area contributed by atoms with Crippen molar-refractivity contribution in [2.24, 2.45) is 5.92 Å². The summed E-state index contributed by atoms with van der Waals surface area (Å²) in [6.07, 6.45) is 3.82. The first-order valence-corrected chi connectivity index (χ1v) is 7.13. The summed E-state index contributed by atoms with van der Waals surface area (Å²) >= 11 is 0. The van der Waals surface area contributed by atoms with Gasteiger partial charge in [0.05, 0.1) is 0 Å². The molecule has 3 unspecified atom stereocenters. The number of ether oxygens (including phenoxy) is 1. The van der Waals surface area contributed by atoms with Crippen LogP contribution in [0.1, 0.15) is 40.0 Å². The van der Waals surface area contributed by atoms with Crippen LogP contribution >= 0.6 is 0 Å². The molecule has 17 heavy (non-hydrogen) atoms. The topological polar surface area (TPSA) is 24.5 Å². The quantitative estimate of drug-likeness (QED) is 0.740. The zero-order valence-electron chi connectivity index (χ0n) is 12.0. The van der Waals surface area contributed by atoms with E-state index in [2.05, 4.69) is 31.0 Å². The highest BCUT2D eigenvalue weighted by molar-refractivity contribution is 4.83. The molecule has 1 rings (SSSR count). The van der Waals surface area contributed by atoms with E-state index in [0.29, 0.717) is 12.0 Å². The van der Waals surface area contributed by atoms with Gasteiger partial charge in [-0.2, -0.15) is 0 Å². The number of piperidine rings is 1. The molecule has 102 valence electrons. The third-order valence-corrected chi connectivity index (χ3v) is 3.69. The van der Waals surface area contributed by atoms with E-state index in [1.165, 1.54) is 32.4 Å². The number of methoxy groups -OCH3 is 1. The second-order valence-electron chi connectivity index (χ2n) is 5.58. The fraction of sp³-hybridized carbons (Fsp3) is 1.00. The van der Waals surface area contributed by atoms with Gasteiger partial charge in [-0.3, -0.25) is 0 Å². The third-order valence-electron chi connectivity index (χ3n) is 3.69. The normalized spacial score (nSPS) is 28.2. The van der Waals surface area contributed by atoms with Crippen molar-refractivity contribution in [3.63, 3.8) is 0 Å². The van der Waals surface area contributed by atoms with Gasteiger partial charge in [0.1, 0.15) is 0 Å². The lowest BCUT2D eigenvalue weighted by Crippen LogP contribution is -2.49. The summed E-state index contributed by atoms with van der Waals surface area (Å²) < 4.78 is 5.22. The standard InChI is InChI=1S/C14H30N2O/c1-5-7-15-14-6-8-16(13(3)9-14)10-12(2)11-17-4/h12-15H,5-11H2,1-4H3. The summed E-state index contributed by atoms with van der Waals surface area (Å²) in [5, 5.41) is 3.65. The number of hydrogen-bond donors (Lipinski definition) is 1. The van der Waals surface area contributed by atoms with Crippen molar-refractivity contribution in [2.75, 3.05) is 33.4 Å². The Morgan fingerprint density at radius 1 is 1.47 bits per heavy atom. The SMILES string of the molecule is CCCNC1CCN(CC(C)COC)C(C)C1. The monoisotopic (exact) mass is 242 g/mol. The zero-order chi connectivity index (χ0) is 12.7. The molecule has 0 aromatic heterocycles. The first-order valence-electron chi connectivity index (χ1n) is 7.13. The van der Waals surface area contributed by atoms with Crippen LogP contribution in [0, 0.1) is 5.92 Å². The summed E-state index contributed by atoms with van der Waals surface area (Å²) in [4.78, 5) is 2.62. The van der Waals surface area contributed by atoms with Crippen LogP contribution in [0.15, 0.2) is 0 Å². The van der Waals surface area contributed by atoms with Crippen molar-refractivity contribution in [3.8, 4) is 0 Å². The van der Waals surface area contributed by atoms with Crippen LogP contribution in [0.5, 0.6) is 0 Å². The van der Waals surface area contributed by atoms with Crippen LogP contribution < -0.4 is 5.32 Å². The minimum atomic E-state index is 0.641. The number of hydrogen-bond acceptors (Lipinski definition) is 3. The van der Waals surface area contributed by atoms with E-state index in [4.69, 9.17) is 4.74 Å². The third kappa shape index (κ3) is 5.36. The first kappa shape index (κ1) is 14.9. The molecule has 3 nitrogen and oxygen atoms in total. The van der Waals surface area contributed by atoms with Crippen molar-refractivity contribution in [1.29, 1.82) is 0 Å². The van der Waals surface area contributed by atoms with E-state index in [1.54, 1.807) is 7.11 Å². The Morgan fingerprint density at radius 2 is 2.24 bits per heavy atom. The van der Waals surface area contributed by atoms with Crippen molar-refractivity contribution in [3.05, 3.63) is 0 Å². The molecule has 0 aromatic carbocycles. The van der Waals surface area contributed by atoms with Crippen molar-refractivity contribution >= 4 is 0 Å². The van der Waals surface area contributed by atoms with Gasteiger partial charge in [-0.1, -0.05) is 13.8 Å². The molecule has 1 fully saturated rings. The van der Waals surface area contributed by atoms with Gasteiger partial charge < -0.3 is 15.0 Å². The summed E-state index contributed by atoms with van der Waals surface area (Å²) in [5.74, 6) is 0.641. The molecular formula is C14H30N2O. The summed E-state index contributed by atoms with van der Waals surface area (Å²) in [6.45, 7) is 11.3. The average Bonchev–Trinajstić information content (AvgIpc) is 2.30. The van der Waals surface area contributed by atoms with Gasteiger partial charge >= 0.3 is 0 Å². The van der Waals surface area contributed by atoms with E-state index in [9.17, 15) is 0 Å². The lowest BCUT2D eigenvalue weighted by atomic mass is 9.97. The predicted molar refractivity (Wildman–Crippen MR) is 73.4 cm³/mol. The minimum Gasteiger partial charge on any atom is -0.384 e. The number of nitrogens with zero attached hydrogens (tertiary/aromatic N) is 1. The maximum Gasteiger partial charge on any atom is 0.0500 e. The van der Waals surface area contributed by atoms with Crippen LogP contribution in [0.2, 0.25) is 0 Å².